The highest BCUT2D eigenvalue weighted by Crippen LogP contribution is 2.28. The van der Waals surface area contributed by atoms with Gasteiger partial charge in [0.1, 0.15) is 5.75 Å². The molecule has 0 aromatic heterocycles. The topological polar surface area (TPSA) is 70.8 Å². The highest BCUT2D eigenvalue weighted by molar-refractivity contribution is 6.33. The normalized spacial score (nSPS) is 17.5. The van der Waals surface area contributed by atoms with E-state index < -0.39 is 0 Å². The number of hydrogen-bond acceptors (Lipinski definition) is 5. The highest BCUT2D eigenvalue weighted by atomic mass is 35.5. The molecule has 1 fully saturated rings. The Labute approximate surface area is 148 Å². The van der Waals surface area contributed by atoms with Crippen LogP contribution in [0.25, 0.3) is 0 Å². The molecule has 6 nitrogen and oxygen atoms in total. The van der Waals surface area contributed by atoms with Crippen LogP contribution in [-0.4, -0.2) is 68.1 Å². The monoisotopic (exact) mass is 354 g/mol. The van der Waals surface area contributed by atoms with Gasteiger partial charge in [0.05, 0.1) is 29.4 Å². The van der Waals surface area contributed by atoms with Crippen molar-refractivity contribution in [3.8, 4) is 5.75 Å². The Morgan fingerprint density at radius 3 is 2.38 bits per heavy atom. The average molecular weight is 355 g/mol. The van der Waals surface area contributed by atoms with E-state index in [2.05, 4.69) is 29.0 Å². The lowest BCUT2D eigenvalue weighted by Crippen LogP contribution is -2.46. The number of halogens is 1. The number of benzene rings is 1. The first-order valence-electron chi connectivity index (χ1n) is 8.37. The number of anilines is 1. The molecule has 0 radical (unpaired) electrons. The van der Waals surface area contributed by atoms with E-state index in [1.165, 1.54) is 7.11 Å². The summed E-state index contributed by atoms with van der Waals surface area (Å²) in [6, 6.07) is 3.21. The van der Waals surface area contributed by atoms with Gasteiger partial charge in [-0.1, -0.05) is 25.4 Å². The molecule has 0 aliphatic carbocycles. The van der Waals surface area contributed by atoms with Crippen molar-refractivity contribution in [3.05, 3.63) is 22.7 Å². The van der Waals surface area contributed by atoms with Gasteiger partial charge in [-0.25, -0.2) is 0 Å². The average Bonchev–Trinajstić information content (AvgIpc) is 2.78. The number of amides is 1. The number of nitrogen functional groups attached to an aromatic ring is 1. The molecule has 0 spiro atoms. The maximum Gasteiger partial charge on any atom is 0.255 e. The molecule has 0 atom stereocenters. The van der Waals surface area contributed by atoms with Crippen molar-refractivity contribution < 1.29 is 9.53 Å². The van der Waals surface area contributed by atoms with Crippen LogP contribution in [0.15, 0.2) is 12.1 Å². The number of carbonyl (C=O) groups is 1. The summed E-state index contributed by atoms with van der Waals surface area (Å²) in [5, 5.41) is 3.48. The molecule has 0 bridgehead atoms. The summed E-state index contributed by atoms with van der Waals surface area (Å²) in [5.41, 5.74) is 6.59. The van der Waals surface area contributed by atoms with Crippen LogP contribution in [0.4, 0.5) is 5.69 Å². The summed E-state index contributed by atoms with van der Waals surface area (Å²) in [6.07, 6.45) is 0. The smallest absolute Gasteiger partial charge is 0.255 e. The summed E-state index contributed by atoms with van der Waals surface area (Å²) in [7, 11) is 1.52. The van der Waals surface area contributed by atoms with E-state index in [1.807, 2.05) is 0 Å². The summed E-state index contributed by atoms with van der Waals surface area (Å²) in [4.78, 5) is 17.4. The van der Waals surface area contributed by atoms with Crippen LogP contribution in [0, 0.1) is 0 Å². The summed E-state index contributed by atoms with van der Waals surface area (Å²) < 4.78 is 5.28. The minimum absolute atomic E-state index is 0.0564. The molecule has 0 unspecified atom stereocenters. The van der Waals surface area contributed by atoms with Crippen molar-refractivity contribution in [1.82, 2.24) is 15.1 Å². The maximum absolute atomic E-state index is 12.7. The fourth-order valence-electron chi connectivity index (χ4n) is 2.99. The predicted octanol–water partition coefficient (Wildman–Crippen LogP) is 1.69. The van der Waals surface area contributed by atoms with Gasteiger partial charge < -0.3 is 25.6 Å². The van der Waals surface area contributed by atoms with E-state index >= 15 is 0 Å². The molecule has 1 aromatic carbocycles. The van der Waals surface area contributed by atoms with E-state index in [4.69, 9.17) is 22.1 Å². The molecule has 2 rings (SSSR count). The van der Waals surface area contributed by atoms with Gasteiger partial charge in [0.2, 0.25) is 0 Å². The van der Waals surface area contributed by atoms with Gasteiger partial charge >= 0.3 is 0 Å². The Morgan fingerprint density at radius 1 is 1.29 bits per heavy atom. The molecule has 134 valence electrons. The third kappa shape index (κ3) is 4.53. The lowest BCUT2D eigenvalue weighted by Gasteiger charge is -2.25. The standard InChI is InChI=1S/C17H27ClN4O2/c1-4-21-6-7-22(5-2)11-12(10-21)20-17(23)13-8-14(18)15(19)9-16(13)24-3/h8-9,12H,4-7,10-11,19H2,1-3H3,(H,20,23). The van der Waals surface area contributed by atoms with E-state index in [9.17, 15) is 4.79 Å². The van der Waals surface area contributed by atoms with Gasteiger partial charge in [-0.3, -0.25) is 4.79 Å². The number of ether oxygens (including phenoxy) is 1. The van der Waals surface area contributed by atoms with Gasteiger partial charge in [0.25, 0.3) is 5.91 Å². The van der Waals surface area contributed by atoms with Crippen LogP contribution < -0.4 is 15.8 Å². The second-order valence-electron chi connectivity index (χ2n) is 6.03. The molecule has 1 saturated heterocycles. The third-order valence-corrected chi connectivity index (χ3v) is 4.81. The van der Waals surface area contributed by atoms with Gasteiger partial charge in [0, 0.05) is 32.2 Å². The molecule has 0 saturated carbocycles. The zero-order chi connectivity index (χ0) is 17.7. The Bertz CT molecular complexity index is 568. The maximum atomic E-state index is 12.7. The van der Waals surface area contributed by atoms with Crippen LogP contribution in [0.2, 0.25) is 5.02 Å². The van der Waals surface area contributed by atoms with Crippen LogP contribution in [-0.2, 0) is 0 Å². The fraction of sp³-hybridized carbons (Fsp3) is 0.588. The van der Waals surface area contributed by atoms with Crippen molar-refractivity contribution in [2.45, 2.75) is 19.9 Å². The molecular formula is C17H27ClN4O2. The van der Waals surface area contributed by atoms with E-state index in [0.29, 0.717) is 22.0 Å². The zero-order valence-electron chi connectivity index (χ0n) is 14.6. The molecule has 3 N–H and O–H groups in total. The van der Waals surface area contributed by atoms with Crippen LogP contribution >= 0.6 is 11.6 Å². The number of likely N-dealkylation sites (N-methyl/N-ethyl adjacent to an activating group) is 2. The number of methoxy groups -OCH3 is 1. The van der Waals surface area contributed by atoms with Gasteiger partial charge in [0.15, 0.2) is 0 Å². The summed E-state index contributed by atoms with van der Waals surface area (Å²) >= 11 is 6.07. The minimum Gasteiger partial charge on any atom is -0.496 e. The van der Waals surface area contributed by atoms with E-state index in [0.717, 1.165) is 39.3 Å². The summed E-state index contributed by atoms with van der Waals surface area (Å²) in [5.74, 6) is 0.246. The second-order valence-corrected chi connectivity index (χ2v) is 6.44. The largest absolute Gasteiger partial charge is 0.496 e. The van der Waals surface area contributed by atoms with E-state index in [1.54, 1.807) is 12.1 Å². The number of nitrogens with two attached hydrogens (primary N) is 1. The number of hydrogen-bond donors (Lipinski definition) is 2. The Morgan fingerprint density at radius 2 is 1.88 bits per heavy atom. The molecule has 1 aromatic rings. The predicted molar refractivity (Wildman–Crippen MR) is 97.9 cm³/mol. The van der Waals surface area contributed by atoms with Gasteiger partial charge in [-0.15, -0.1) is 0 Å². The van der Waals surface area contributed by atoms with Crippen molar-refractivity contribution in [1.29, 1.82) is 0 Å². The first kappa shape index (κ1) is 18.8. The Kier molecular flexibility index (Phi) is 6.71. The lowest BCUT2D eigenvalue weighted by molar-refractivity contribution is 0.0920. The molecular weight excluding hydrogens is 328 g/mol. The SMILES string of the molecule is CCN1CCN(CC)CC(NC(=O)c2cc(Cl)c(N)cc2OC)C1. The van der Waals surface area contributed by atoms with Crippen LogP contribution in [0.1, 0.15) is 24.2 Å². The number of carbonyl (C=O) groups excluding carboxylic acids is 1. The Balaban J connectivity index is 2.16. The van der Waals surface area contributed by atoms with E-state index in [-0.39, 0.29) is 11.9 Å². The number of nitrogens with zero attached hydrogens (tertiary/aromatic N) is 2. The number of nitrogens with one attached hydrogen (secondary N) is 1. The van der Waals surface area contributed by atoms with Gasteiger partial charge in [-0.05, 0) is 19.2 Å². The molecule has 1 heterocycles. The number of rotatable bonds is 5. The minimum atomic E-state index is -0.187. The third-order valence-electron chi connectivity index (χ3n) is 4.48. The second kappa shape index (κ2) is 8.55. The molecule has 24 heavy (non-hydrogen) atoms. The first-order valence-corrected chi connectivity index (χ1v) is 8.74. The van der Waals surface area contributed by atoms with Gasteiger partial charge in [-0.2, -0.15) is 0 Å². The fourth-order valence-corrected chi connectivity index (χ4v) is 3.15. The molecule has 1 aliphatic rings. The van der Waals surface area contributed by atoms with Crippen molar-refractivity contribution in [2.24, 2.45) is 0 Å². The Hall–Kier alpha value is -1.50. The zero-order valence-corrected chi connectivity index (χ0v) is 15.4. The van der Waals surface area contributed by atoms with Crippen LogP contribution in [0.3, 0.4) is 0 Å². The van der Waals surface area contributed by atoms with Crippen molar-refractivity contribution >= 4 is 23.2 Å². The molecule has 1 amide bonds. The van der Waals surface area contributed by atoms with Crippen molar-refractivity contribution in [2.75, 3.05) is 52.1 Å². The highest BCUT2D eigenvalue weighted by Gasteiger charge is 2.24. The quantitative estimate of drug-likeness (QED) is 0.787. The first-order chi connectivity index (χ1) is 11.5. The van der Waals surface area contributed by atoms with Crippen LogP contribution in [0.5, 0.6) is 5.75 Å². The molecule has 1 aliphatic heterocycles. The summed E-state index contributed by atoms with van der Waals surface area (Å²) in [6.45, 7) is 9.95. The van der Waals surface area contributed by atoms with Crippen molar-refractivity contribution in [3.63, 3.8) is 0 Å². The lowest BCUT2D eigenvalue weighted by atomic mass is 10.1. The molecule has 7 heteroatoms.